The molecule has 3 rings (SSSR count). The molecule has 0 radical (unpaired) electrons. The Balaban J connectivity index is 1.91. The maximum absolute atomic E-state index is 2.41. The van der Waals surface area contributed by atoms with E-state index in [0.29, 0.717) is 5.92 Å². The van der Waals surface area contributed by atoms with Gasteiger partial charge in [-0.15, -0.1) is 0 Å². The Bertz CT molecular complexity index is 457. The van der Waals surface area contributed by atoms with Gasteiger partial charge in [0.25, 0.3) is 0 Å². The summed E-state index contributed by atoms with van der Waals surface area (Å²) in [5.74, 6) is 1.47. The van der Waals surface area contributed by atoms with Gasteiger partial charge in [0.05, 0.1) is 12.2 Å². The van der Waals surface area contributed by atoms with E-state index in [1.165, 1.54) is 18.5 Å². The molecule has 1 aliphatic heterocycles. The summed E-state index contributed by atoms with van der Waals surface area (Å²) >= 11 is 0. The Labute approximate surface area is 110 Å². The SMILES string of the molecule is CC(C)C1=C(C2CC2)N(C)N(c2ccccc2)C1. The monoisotopic (exact) mass is 242 g/mol. The lowest BCUT2D eigenvalue weighted by molar-refractivity contribution is 0.401. The molecule has 1 aromatic carbocycles. The van der Waals surface area contributed by atoms with Crippen molar-refractivity contribution in [3.8, 4) is 0 Å². The van der Waals surface area contributed by atoms with Crippen molar-refractivity contribution >= 4 is 5.69 Å². The van der Waals surface area contributed by atoms with Crippen LogP contribution in [0.25, 0.3) is 0 Å². The second kappa shape index (κ2) is 4.34. The highest BCUT2D eigenvalue weighted by Gasteiger charge is 2.38. The lowest BCUT2D eigenvalue weighted by Crippen LogP contribution is -2.34. The lowest BCUT2D eigenvalue weighted by atomic mass is 10.00. The Morgan fingerprint density at radius 2 is 1.78 bits per heavy atom. The normalized spacial score (nSPS) is 20.2. The van der Waals surface area contributed by atoms with Gasteiger partial charge in [0.2, 0.25) is 0 Å². The molecular weight excluding hydrogens is 220 g/mol. The van der Waals surface area contributed by atoms with Crippen molar-refractivity contribution < 1.29 is 0 Å². The van der Waals surface area contributed by atoms with Crippen LogP contribution in [-0.4, -0.2) is 18.6 Å². The van der Waals surface area contributed by atoms with Gasteiger partial charge in [-0.3, -0.25) is 10.0 Å². The van der Waals surface area contributed by atoms with Crippen molar-refractivity contribution in [3.63, 3.8) is 0 Å². The van der Waals surface area contributed by atoms with E-state index >= 15 is 0 Å². The molecule has 1 fully saturated rings. The molecule has 2 heteroatoms. The molecule has 0 spiro atoms. The van der Waals surface area contributed by atoms with Crippen LogP contribution >= 0.6 is 0 Å². The van der Waals surface area contributed by atoms with Crippen molar-refractivity contribution in [2.45, 2.75) is 26.7 Å². The van der Waals surface area contributed by atoms with Gasteiger partial charge < -0.3 is 0 Å². The van der Waals surface area contributed by atoms with Gasteiger partial charge >= 0.3 is 0 Å². The molecule has 96 valence electrons. The average Bonchev–Trinajstić information content (AvgIpc) is 3.14. The highest BCUT2D eigenvalue weighted by molar-refractivity contribution is 5.50. The number of benzene rings is 1. The topological polar surface area (TPSA) is 6.48 Å². The summed E-state index contributed by atoms with van der Waals surface area (Å²) in [6, 6.07) is 10.7. The smallest absolute Gasteiger partial charge is 0.0629 e. The van der Waals surface area contributed by atoms with Crippen molar-refractivity contribution in [1.29, 1.82) is 0 Å². The maximum atomic E-state index is 2.41. The highest BCUT2D eigenvalue weighted by Crippen LogP contribution is 2.45. The number of nitrogens with zero attached hydrogens (tertiary/aromatic N) is 2. The van der Waals surface area contributed by atoms with E-state index in [1.54, 1.807) is 11.3 Å². The molecule has 1 aliphatic carbocycles. The van der Waals surface area contributed by atoms with E-state index in [-0.39, 0.29) is 0 Å². The Morgan fingerprint density at radius 1 is 1.11 bits per heavy atom. The van der Waals surface area contributed by atoms with Crippen LogP contribution < -0.4 is 5.01 Å². The molecule has 0 aromatic heterocycles. The third-order valence-corrected chi connectivity index (χ3v) is 4.08. The predicted molar refractivity (Wildman–Crippen MR) is 76.1 cm³/mol. The van der Waals surface area contributed by atoms with Crippen LogP contribution in [0, 0.1) is 11.8 Å². The molecule has 0 atom stereocenters. The molecular formula is C16H22N2. The van der Waals surface area contributed by atoms with E-state index in [0.717, 1.165) is 12.5 Å². The standard InChI is InChI=1S/C16H22N2/c1-12(2)15-11-18(14-7-5-4-6-8-14)17(3)16(15)13-9-10-13/h4-8,12-13H,9-11H2,1-3H3. The molecule has 18 heavy (non-hydrogen) atoms. The van der Waals surface area contributed by atoms with Crippen molar-refractivity contribution in [1.82, 2.24) is 5.01 Å². The molecule has 0 amide bonds. The minimum Gasteiger partial charge on any atom is -0.292 e. The van der Waals surface area contributed by atoms with Crippen LogP contribution in [-0.2, 0) is 0 Å². The lowest BCUT2D eigenvalue weighted by Gasteiger charge is -2.30. The molecule has 0 unspecified atom stereocenters. The first-order chi connectivity index (χ1) is 8.68. The number of anilines is 1. The van der Waals surface area contributed by atoms with Crippen molar-refractivity contribution in [2.24, 2.45) is 11.8 Å². The number of hydrogen-bond donors (Lipinski definition) is 0. The quantitative estimate of drug-likeness (QED) is 0.798. The second-order valence-electron chi connectivity index (χ2n) is 5.76. The fourth-order valence-electron chi connectivity index (χ4n) is 2.91. The number of hydrogen-bond acceptors (Lipinski definition) is 2. The van der Waals surface area contributed by atoms with E-state index < -0.39 is 0 Å². The Kier molecular flexibility index (Phi) is 2.81. The summed E-state index contributed by atoms with van der Waals surface area (Å²) in [5.41, 5.74) is 4.52. The summed E-state index contributed by atoms with van der Waals surface area (Å²) in [5, 5.41) is 4.80. The molecule has 0 bridgehead atoms. The van der Waals surface area contributed by atoms with Crippen LogP contribution in [0.5, 0.6) is 0 Å². The minimum atomic E-state index is 0.650. The van der Waals surface area contributed by atoms with Gasteiger partial charge in [-0.25, -0.2) is 0 Å². The van der Waals surface area contributed by atoms with E-state index in [4.69, 9.17) is 0 Å². The molecule has 0 N–H and O–H groups in total. The first kappa shape index (κ1) is 11.6. The summed E-state index contributed by atoms with van der Waals surface area (Å²) in [6.07, 6.45) is 2.75. The first-order valence-corrected chi connectivity index (χ1v) is 6.97. The third kappa shape index (κ3) is 1.90. The summed E-state index contributed by atoms with van der Waals surface area (Å²) in [7, 11) is 2.22. The van der Waals surface area contributed by atoms with Crippen LogP contribution in [0.4, 0.5) is 5.69 Å². The highest BCUT2D eigenvalue weighted by atomic mass is 15.6. The number of hydrazine groups is 1. The van der Waals surface area contributed by atoms with E-state index in [1.807, 2.05) is 0 Å². The minimum absolute atomic E-state index is 0.650. The van der Waals surface area contributed by atoms with Crippen molar-refractivity contribution in [2.75, 3.05) is 18.6 Å². The van der Waals surface area contributed by atoms with Gasteiger partial charge in [-0.1, -0.05) is 32.0 Å². The number of rotatable bonds is 3. The summed E-state index contributed by atoms with van der Waals surface area (Å²) in [4.78, 5) is 0. The molecule has 2 aliphatic rings. The second-order valence-corrected chi connectivity index (χ2v) is 5.76. The largest absolute Gasteiger partial charge is 0.292 e. The maximum Gasteiger partial charge on any atom is 0.0629 e. The first-order valence-electron chi connectivity index (χ1n) is 6.97. The molecule has 0 saturated heterocycles. The zero-order valence-corrected chi connectivity index (χ0v) is 11.6. The predicted octanol–water partition coefficient (Wildman–Crippen LogP) is 3.67. The molecule has 1 saturated carbocycles. The molecule has 1 aromatic rings. The number of allylic oxidation sites excluding steroid dienone is 1. The molecule has 2 nitrogen and oxygen atoms in total. The van der Waals surface area contributed by atoms with Gasteiger partial charge in [-0.05, 0) is 36.5 Å². The fraction of sp³-hybridized carbons (Fsp3) is 0.500. The average molecular weight is 242 g/mol. The van der Waals surface area contributed by atoms with Gasteiger partial charge in [-0.2, -0.15) is 0 Å². The Hall–Kier alpha value is -1.44. The van der Waals surface area contributed by atoms with Gasteiger partial charge in [0.1, 0.15) is 0 Å². The molecule has 1 heterocycles. The zero-order valence-electron chi connectivity index (χ0n) is 11.6. The van der Waals surface area contributed by atoms with Crippen LogP contribution in [0.1, 0.15) is 26.7 Å². The van der Waals surface area contributed by atoms with E-state index in [2.05, 4.69) is 61.2 Å². The summed E-state index contributed by atoms with van der Waals surface area (Å²) < 4.78 is 0. The van der Waals surface area contributed by atoms with Crippen LogP contribution in [0.3, 0.4) is 0 Å². The van der Waals surface area contributed by atoms with Crippen molar-refractivity contribution in [3.05, 3.63) is 41.6 Å². The summed E-state index contributed by atoms with van der Waals surface area (Å²) in [6.45, 7) is 5.70. The van der Waals surface area contributed by atoms with Gasteiger partial charge in [0, 0.05) is 18.7 Å². The van der Waals surface area contributed by atoms with Gasteiger partial charge in [0.15, 0.2) is 0 Å². The van der Waals surface area contributed by atoms with Crippen LogP contribution in [0.2, 0.25) is 0 Å². The Morgan fingerprint density at radius 3 is 2.33 bits per heavy atom. The van der Waals surface area contributed by atoms with Crippen LogP contribution in [0.15, 0.2) is 41.6 Å². The zero-order chi connectivity index (χ0) is 12.7. The fourth-order valence-corrected chi connectivity index (χ4v) is 2.91. The number of para-hydroxylation sites is 1. The third-order valence-electron chi connectivity index (χ3n) is 4.08. The van der Waals surface area contributed by atoms with E-state index in [9.17, 15) is 0 Å².